The van der Waals surface area contributed by atoms with Crippen molar-refractivity contribution < 1.29 is 0 Å². The second-order valence-electron chi connectivity index (χ2n) is 5.21. The zero-order valence-electron chi connectivity index (χ0n) is 11.2. The van der Waals surface area contributed by atoms with Gasteiger partial charge in [0.05, 0.1) is 0 Å². The Hall–Kier alpha value is -1.36. The standard InChI is InChI=1S/C13H23N5/c1-9-6-4-3-5-7-11(9)17-12-10(2)13(18-14)16-8-15-12/h8-9,11H,3-7,14H2,1-2H3,(H2,15,16,17,18). The number of nitrogens with one attached hydrogen (secondary N) is 2. The minimum absolute atomic E-state index is 0.506. The summed E-state index contributed by atoms with van der Waals surface area (Å²) in [6, 6.07) is 0.506. The van der Waals surface area contributed by atoms with E-state index in [1.165, 1.54) is 32.1 Å². The van der Waals surface area contributed by atoms with Gasteiger partial charge in [0.25, 0.3) is 0 Å². The molecular weight excluding hydrogens is 226 g/mol. The summed E-state index contributed by atoms with van der Waals surface area (Å²) in [5.41, 5.74) is 3.59. The Bertz CT molecular complexity index is 393. The first-order valence-electron chi connectivity index (χ1n) is 6.77. The molecule has 4 N–H and O–H groups in total. The van der Waals surface area contributed by atoms with E-state index in [0.717, 1.165) is 11.4 Å². The number of hydrazine groups is 1. The van der Waals surface area contributed by atoms with Crippen LogP contribution in [-0.4, -0.2) is 16.0 Å². The van der Waals surface area contributed by atoms with Gasteiger partial charge in [0.1, 0.15) is 18.0 Å². The van der Waals surface area contributed by atoms with Gasteiger partial charge in [-0.05, 0) is 25.7 Å². The summed E-state index contributed by atoms with van der Waals surface area (Å²) < 4.78 is 0. The predicted octanol–water partition coefficient (Wildman–Crippen LogP) is 2.45. The van der Waals surface area contributed by atoms with Gasteiger partial charge in [0, 0.05) is 11.6 Å². The second kappa shape index (κ2) is 6.00. The normalized spacial score (nSPS) is 24.4. The Balaban J connectivity index is 2.12. The van der Waals surface area contributed by atoms with Gasteiger partial charge in [-0.15, -0.1) is 0 Å². The van der Waals surface area contributed by atoms with Gasteiger partial charge in [-0.3, -0.25) is 0 Å². The van der Waals surface area contributed by atoms with E-state index in [1.807, 2.05) is 6.92 Å². The summed E-state index contributed by atoms with van der Waals surface area (Å²) in [5, 5.41) is 3.57. The van der Waals surface area contributed by atoms with Crippen LogP contribution in [0.2, 0.25) is 0 Å². The Labute approximate surface area is 109 Å². The van der Waals surface area contributed by atoms with E-state index in [9.17, 15) is 0 Å². The van der Waals surface area contributed by atoms with Gasteiger partial charge in [0.15, 0.2) is 0 Å². The minimum atomic E-state index is 0.506. The number of hydrogen-bond donors (Lipinski definition) is 3. The molecule has 5 nitrogen and oxygen atoms in total. The molecule has 2 atom stereocenters. The van der Waals surface area contributed by atoms with Gasteiger partial charge in [-0.25, -0.2) is 15.8 Å². The van der Waals surface area contributed by atoms with E-state index in [4.69, 9.17) is 5.84 Å². The Morgan fingerprint density at radius 1 is 1.17 bits per heavy atom. The zero-order valence-corrected chi connectivity index (χ0v) is 11.2. The fraction of sp³-hybridized carbons (Fsp3) is 0.692. The fourth-order valence-corrected chi connectivity index (χ4v) is 2.62. The lowest BCUT2D eigenvalue weighted by Crippen LogP contribution is -2.27. The monoisotopic (exact) mass is 249 g/mol. The Kier molecular flexibility index (Phi) is 4.36. The van der Waals surface area contributed by atoms with Crippen molar-refractivity contribution in [3.05, 3.63) is 11.9 Å². The number of nitrogens with two attached hydrogens (primary N) is 1. The van der Waals surface area contributed by atoms with Crippen LogP contribution in [0.5, 0.6) is 0 Å². The van der Waals surface area contributed by atoms with E-state index in [-0.39, 0.29) is 0 Å². The number of rotatable bonds is 3. The van der Waals surface area contributed by atoms with Crippen LogP contribution in [-0.2, 0) is 0 Å². The van der Waals surface area contributed by atoms with Crippen LogP contribution in [0.4, 0.5) is 11.6 Å². The van der Waals surface area contributed by atoms with Gasteiger partial charge >= 0.3 is 0 Å². The van der Waals surface area contributed by atoms with Crippen molar-refractivity contribution in [1.82, 2.24) is 9.97 Å². The maximum absolute atomic E-state index is 5.44. The fourth-order valence-electron chi connectivity index (χ4n) is 2.62. The molecule has 0 radical (unpaired) electrons. The molecule has 1 aliphatic rings. The molecule has 2 unspecified atom stereocenters. The summed E-state index contributed by atoms with van der Waals surface area (Å²) in [7, 11) is 0. The topological polar surface area (TPSA) is 75.9 Å². The molecule has 0 saturated heterocycles. The number of anilines is 2. The number of nitrogen functional groups attached to an aromatic ring is 1. The molecule has 0 aromatic carbocycles. The van der Waals surface area contributed by atoms with Gasteiger partial charge in [-0.1, -0.05) is 26.2 Å². The summed E-state index contributed by atoms with van der Waals surface area (Å²) in [6.07, 6.45) is 8.05. The molecule has 0 bridgehead atoms. The third kappa shape index (κ3) is 2.90. The highest BCUT2D eigenvalue weighted by atomic mass is 15.3. The van der Waals surface area contributed by atoms with Crippen LogP contribution < -0.4 is 16.6 Å². The quantitative estimate of drug-likeness (QED) is 0.436. The average Bonchev–Trinajstić information content (AvgIpc) is 2.57. The van der Waals surface area contributed by atoms with Crippen LogP contribution >= 0.6 is 0 Å². The molecule has 1 heterocycles. The van der Waals surface area contributed by atoms with Crippen molar-refractivity contribution in [2.75, 3.05) is 10.7 Å². The molecule has 0 aliphatic heterocycles. The van der Waals surface area contributed by atoms with E-state index in [0.29, 0.717) is 17.8 Å². The van der Waals surface area contributed by atoms with Crippen LogP contribution in [0.15, 0.2) is 6.33 Å². The van der Waals surface area contributed by atoms with Crippen LogP contribution in [0.25, 0.3) is 0 Å². The van der Waals surface area contributed by atoms with E-state index in [1.54, 1.807) is 6.33 Å². The molecule has 0 spiro atoms. The van der Waals surface area contributed by atoms with Gasteiger partial charge in [0.2, 0.25) is 0 Å². The predicted molar refractivity (Wildman–Crippen MR) is 74.2 cm³/mol. The van der Waals surface area contributed by atoms with E-state index in [2.05, 4.69) is 27.6 Å². The number of hydrogen-bond acceptors (Lipinski definition) is 5. The summed E-state index contributed by atoms with van der Waals surface area (Å²) in [5.74, 6) is 7.72. The molecule has 1 fully saturated rings. The first-order valence-corrected chi connectivity index (χ1v) is 6.77. The summed E-state index contributed by atoms with van der Waals surface area (Å²) >= 11 is 0. The Morgan fingerprint density at radius 3 is 2.67 bits per heavy atom. The van der Waals surface area contributed by atoms with Crippen molar-refractivity contribution in [2.24, 2.45) is 11.8 Å². The minimum Gasteiger partial charge on any atom is -0.367 e. The molecule has 1 aromatic rings. The van der Waals surface area contributed by atoms with Crippen LogP contribution in [0.3, 0.4) is 0 Å². The third-order valence-electron chi connectivity index (χ3n) is 3.90. The van der Waals surface area contributed by atoms with Crippen LogP contribution in [0.1, 0.15) is 44.6 Å². The SMILES string of the molecule is Cc1c(NN)ncnc1NC1CCCCCC1C. The highest BCUT2D eigenvalue weighted by molar-refractivity contribution is 5.56. The highest BCUT2D eigenvalue weighted by Gasteiger charge is 2.21. The maximum Gasteiger partial charge on any atom is 0.148 e. The van der Waals surface area contributed by atoms with Crippen molar-refractivity contribution in [2.45, 2.75) is 52.0 Å². The Morgan fingerprint density at radius 2 is 1.89 bits per heavy atom. The molecule has 100 valence electrons. The summed E-state index contributed by atoms with van der Waals surface area (Å²) in [6.45, 7) is 4.31. The lowest BCUT2D eigenvalue weighted by atomic mass is 9.97. The lowest BCUT2D eigenvalue weighted by molar-refractivity contribution is 0.455. The van der Waals surface area contributed by atoms with Crippen LogP contribution in [0, 0.1) is 12.8 Å². The number of aromatic nitrogens is 2. The molecule has 5 heteroatoms. The van der Waals surface area contributed by atoms with Crippen molar-refractivity contribution in [3.63, 3.8) is 0 Å². The van der Waals surface area contributed by atoms with Gasteiger partial charge in [-0.2, -0.15) is 0 Å². The molecule has 1 aromatic heterocycles. The average molecular weight is 249 g/mol. The summed E-state index contributed by atoms with van der Waals surface area (Å²) in [4.78, 5) is 8.43. The first kappa shape index (κ1) is 13.1. The van der Waals surface area contributed by atoms with Crippen molar-refractivity contribution in [3.8, 4) is 0 Å². The second-order valence-corrected chi connectivity index (χ2v) is 5.21. The molecule has 18 heavy (non-hydrogen) atoms. The molecule has 1 saturated carbocycles. The largest absolute Gasteiger partial charge is 0.367 e. The maximum atomic E-state index is 5.44. The zero-order chi connectivity index (χ0) is 13.0. The number of nitrogens with zero attached hydrogens (tertiary/aromatic N) is 2. The van der Waals surface area contributed by atoms with Crippen molar-refractivity contribution in [1.29, 1.82) is 0 Å². The molecule has 2 rings (SSSR count). The molecule has 0 amide bonds. The third-order valence-corrected chi connectivity index (χ3v) is 3.90. The molecular formula is C13H23N5. The molecule has 1 aliphatic carbocycles. The lowest BCUT2D eigenvalue weighted by Gasteiger charge is -2.24. The van der Waals surface area contributed by atoms with Crippen molar-refractivity contribution >= 4 is 11.6 Å². The first-order chi connectivity index (χ1) is 8.72. The van der Waals surface area contributed by atoms with E-state index >= 15 is 0 Å². The smallest absolute Gasteiger partial charge is 0.148 e. The van der Waals surface area contributed by atoms with E-state index < -0.39 is 0 Å². The van der Waals surface area contributed by atoms with Gasteiger partial charge < -0.3 is 10.7 Å². The highest BCUT2D eigenvalue weighted by Crippen LogP contribution is 2.27.